The molecule has 0 fully saturated rings. The van der Waals surface area contributed by atoms with Crippen molar-refractivity contribution >= 4 is 11.8 Å². The summed E-state index contributed by atoms with van der Waals surface area (Å²) in [5, 5.41) is 19.0. The van der Waals surface area contributed by atoms with Gasteiger partial charge < -0.3 is 4.57 Å². The fourth-order valence-electron chi connectivity index (χ4n) is 5.14. The van der Waals surface area contributed by atoms with Crippen molar-refractivity contribution in [3.05, 3.63) is 117 Å². The maximum atomic E-state index is 13.6. The molecule has 0 saturated heterocycles. The van der Waals surface area contributed by atoms with E-state index in [1.54, 1.807) is 44.2 Å². The van der Waals surface area contributed by atoms with Gasteiger partial charge in [-0.15, -0.1) is 0 Å². The third-order valence-corrected chi connectivity index (χ3v) is 7.21. The zero-order valence-corrected chi connectivity index (χ0v) is 21.5. The molecule has 0 aliphatic carbocycles. The van der Waals surface area contributed by atoms with Crippen LogP contribution in [0.2, 0.25) is 0 Å². The summed E-state index contributed by atoms with van der Waals surface area (Å²) < 4.78 is 42.7. The number of carbonyl (C=O) groups is 2. The fraction of sp³-hybridized carbons (Fsp3) is 0.161. The molecule has 0 unspecified atom stereocenters. The minimum Gasteiger partial charge on any atom is -0.343 e. The molecule has 40 heavy (non-hydrogen) atoms. The average molecular weight is 539 g/mol. The van der Waals surface area contributed by atoms with E-state index in [1.165, 1.54) is 11.0 Å². The van der Waals surface area contributed by atoms with Crippen LogP contribution in [0.1, 0.15) is 59.9 Å². The molecule has 0 spiro atoms. The Balaban J connectivity index is 1.42. The van der Waals surface area contributed by atoms with E-state index >= 15 is 0 Å². The van der Waals surface area contributed by atoms with Gasteiger partial charge in [-0.05, 0) is 54.8 Å². The Bertz CT molecular complexity index is 1740. The predicted molar refractivity (Wildman–Crippen MR) is 140 cm³/mol. The molecule has 6 nitrogen and oxygen atoms in total. The fourth-order valence-corrected chi connectivity index (χ4v) is 5.14. The van der Waals surface area contributed by atoms with E-state index in [4.69, 9.17) is 5.26 Å². The average Bonchev–Trinajstić information content (AvgIpc) is 3.33. The number of aromatic nitrogens is 1. The van der Waals surface area contributed by atoms with Crippen molar-refractivity contribution in [1.29, 1.82) is 10.5 Å². The number of amides is 2. The Kier molecular flexibility index (Phi) is 6.53. The zero-order valence-electron chi connectivity index (χ0n) is 21.5. The minimum atomic E-state index is -4.71. The molecule has 0 saturated carbocycles. The Labute approximate surface area is 228 Å². The summed E-state index contributed by atoms with van der Waals surface area (Å²) in [7, 11) is 0. The molecule has 0 radical (unpaired) electrons. The number of nitrogens with zero attached hydrogens (tertiary/aromatic N) is 4. The second-order valence-corrected chi connectivity index (χ2v) is 9.55. The summed E-state index contributed by atoms with van der Waals surface area (Å²) in [5.41, 5.74) is 2.93. The molecule has 2 amide bonds. The highest BCUT2D eigenvalue weighted by Gasteiger charge is 2.36. The molecule has 1 aliphatic heterocycles. The van der Waals surface area contributed by atoms with Crippen LogP contribution in [0, 0.1) is 36.5 Å². The summed E-state index contributed by atoms with van der Waals surface area (Å²) in [6.07, 6.45) is -4.71. The zero-order chi connectivity index (χ0) is 28.8. The summed E-state index contributed by atoms with van der Waals surface area (Å²) in [5.74, 6) is -0.673. The first-order valence-electron chi connectivity index (χ1n) is 12.3. The van der Waals surface area contributed by atoms with Gasteiger partial charge in [-0.25, -0.2) is 0 Å². The Hall–Kier alpha value is -5.15. The molecule has 9 heteroatoms. The standard InChI is InChI=1S/C31H21F3N4O2/c1-18-26(15-36)28(22-11-12-23(14-35)27(13-22)31(32,33)34)19(2)37(18)16-20-7-9-21(10-8-20)17-38-29(39)24-5-3-4-6-25(24)30(38)40/h3-13H,16-17H2,1-2H3. The highest BCUT2D eigenvalue weighted by molar-refractivity contribution is 6.21. The Morgan fingerprint density at radius 2 is 1.35 bits per heavy atom. The molecule has 1 aromatic heterocycles. The number of rotatable bonds is 5. The summed E-state index contributed by atoms with van der Waals surface area (Å²) >= 11 is 0. The summed E-state index contributed by atoms with van der Waals surface area (Å²) in [6.45, 7) is 3.95. The van der Waals surface area contributed by atoms with Crippen molar-refractivity contribution in [2.45, 2.75) is 33.1 Å². The highest BCUT2D eigenvalue weighted by atomic mass is 19.4. The maximum Gasteiger partial charge on any atom is 0.417 e. The van der Waals surface area contributed by atoms with E-state index in [2.05, 4.69) is 6.07 Å². The SMILES string of the molecule is Cc1c(C#N)c(-c2ccc(C#N)c(C(F)(F)F)c2)c(C)n1Cc1ccc(CN2C(=O)c3ccccc3C2=O)cc1. The number of fused-ring (bicyclic) bond motifs is 1. The van der Waals surface area contributed by atoms with Crippen molar-refractivity contribution < 1.29 is 22.8 Å². The minimum absolute atomic E-state index is 0.122. The van der Waals surface area contributed by atoms with E-state index in [1.807, 2.05) is 28.8 Å². The van der Waals surface area contributed by atoms with Gasteiger partial charge in [0.2, 0.25) is 0 Å². The van der Waals surface area contributed by atoms with Crippen LogP contribution in [0.15, 0.2) is 66.7 Å². The van der Waals surface area contributed by atoms with Crippen LogP contribution in [0.3, 0.4) is 0 Å². The number of imide groups is 1. The predicted octanol–water partition coefficient (Wildman–Crippen LogP) is 6.38. The second kappa shape index (κ2) is 9.87. The van der Waals surface area contributed by atoms with Gasteiger partial charge in [0, 0.05) is 23.5 Å². The third-order valence-electron chi connectivity index (χ3n) is 7.21. The van der Waals surface area contributed by atoms with Crippen molar-refractivity contribution in [2.24, 2.45) is 0 Å². The first kappa shape index (κ1) is 26.5. The van der Waals surface area contributed by atoms with Gasteiger partial charge >= 0.3 is 6.18 Å². The molecule has 5 rings (SSSR count). The van der Waals surface area contributed by atoms with Crippen LogP contribution >= 0.6 is 0 Å². The highest BCUT2D eigenvalue weighted by Crippen LogP contribution is 2.38. The lowest BCUT2D eigenvalue weighted by molar-refractivity contribution is -0.137. The molecular formula is C31H21F3N4O2. The van der Waals surface area contributed by atoms with Crippen LogP contribution in [-0.4, -0.2) is 21.3 Å². The number of halogens is 3. The van der Waals surface area contributed by atoms with Gasteiger partial charge in [0.25, 0.3) is 11.8 Å². The molecule has 2 heterocycles. The van der Waals surface area contributed by atoms with Crippen molar-refractivity contribution in [3.8, 4) is 23.3 Å². The quantitative estimate of drug-likeness (QED) is 0.276. The molecule has 4 aromatic rings. The maximum absolute atomic E-state index is 13.6. The molecule has 198 valence electrons. The van der Waals surface area contributed by atoms with Crippen LogP contribution in [0.4, 0.5) is 13.2 Å². The number of hydrogen-bond acceptors (Lipinski definition) is 4. The van der Waals surface area contributed by atoms with Gasteiger partial charge in [0.15, 0.2) is 0 Å². The number of benzene rings is 3. The van der Waals surface area contributed by atoms with E-state index in [9.17, 15) is 28.0 Å². The second-order valence-electron chi connectivity index (χ2n) is 9.55. The van der Waals surface area contributed by atoms with Crippen molar-refractivity contribution in [2.75, 3.05) is 0 Å². The lowest BCUT2D eigenvalue weighted by atomic mass is 9.96. The van der Waals surface area contributed by atoms with Gasteiger partial charge in [-0.2, -0.15) is 23.7 Å². The monoisotopic (exact) mass is 538 g/mol. The van der Waals surface area contributed by atoms with Crippen LogP contribution in [-0.2, 0) is 19.3 Å². The van der Waals surface area contributed by atoms with Crippen LogP contribution in [0.5, 0.6) is 0 Å². The molecular weight excluding hydrogens is 517 g/mol. The lowest BCUT2D eigenvalue weighted by Gasteiger charge is -2.15. The topological polar surface area (TPSA) is 89.9 Å². The third kappa shape index (κ3) is 4.42. The molecule has 1 aliphatic rings. The summed E-state index contributed by atoms with van der Waals surface area (Å²) in [4.78, 5) is 26.6. The van der Waals surface area contributed by atoms with Crippen LogP contribution in [0.25, 0.3) is 11.1 Å². The number of alkyl halides is 3. The van der Waals surface area contributed by atoms with Crippen LogP contribution < -0.4 is 0 Å². The summed E-state index contributed by atoms with van der Waals surface area (Å²) in [6, 6.07) is 21.2. The van der Waals surface area contributed by atoms with E-state index in [0.717, 1.165) is 23.3 Å². The van der Waals surface area contributed by atoms with Gasteiger partial charge in [-0.3, -0.25) is 14.5 Å². The first-order valence-corrected chi connectivity index (χ1v) is 12.3. The lowest BCUT2D eigenvalue weighted by Crippen LogP contribution is -2.29. The molecule has 0 atom stereocenters. The van der Waals surface area contributed by atoms with E-state index in [-0.39, 0.29) is 29.5 Å². The Morgan fingerprint density at radius 1 is 0.775 bits per heavy atom. The molecule has 0 bridgehead atoms. The van der Waals surface area contributed by atoms with Crippen molar-refractivity contribution in [3.63, 3.8) is 0 Å². The first-order chi connectivity index (χ1) is 19.0. The van der Waals surface area contributed by atoms with E-state index < -0.39 is 17.3 Å². The Morgan fingerprint density at radius 3 is 1.88 bits per heavy atom. The van der Waals surface area contributed by atoms with Gasteiger partial charge in [-0.1, -0.05) is 42.5 Å². The normalized spacial score (nSPS) is 12.8. The van der Waals surface area contributed by atoms with E-state index in [0.29, 0.717) is 34.6 Å². The van der Waals surface area contributed by atoms with Crippen molar-refractivity contribution in [1.82, 2.24) is 9.47 Å². The number of carbonyl (C=O) groups excluding carboxylic acids is 2. The smallest absolute Gasteiger partial charge is 0.343 e. The largest absolute Gasteiger partial charge is 0.417 e. The number of hydrogen-bond donors (Lipinski definition) is 0. The number of nitriles is 2. The van der Waals surface area contributed by atoms with Gasteiger partial charge in [0.1, 0.15) is 6.07 Å². The molecule has 0 N–H and O–H groups in total. The van der Waals surface area contributed by atoms with Gasteiger partial charge in [0.05, 0.1) is 40.4 Å². The molecule has 3 aromatic carbocycles.